The first-order valence-corrected chi connectivity index (χ1v) is 8.44. The van der Waals surface area contributed by atoms with Gasteiger partial charge in [0.2, 0.25) is 0 Å². The van der Waals surface area contributed by atoms with Gasteiger partial charge in [0.05, 0.1) is 0 Å². The minimum absolute atomic E-state index is 1.12. The highest BCUT2D eigenvalue weighted by Crippen LogP contribution is 2.29. The fourth-order valence-corrected chi connectivity index (χ4v) is 3.11. The molecule has 0 atom stereocenters. The highest BCUT2D eigenvalue weighted by atomic mass is 14.1. The monoisotopic (exact) mass is 300 g/mol. The van der Waals surface area contributed by atoms with Crippen molar-refractivity contribution in [1.82, 2.24) is 0 Å². The van der Waals surface area contributed by atoms with Gasteiger partial charge in [-0.25, -0.2) is 0 Å². The molecule has 0 N–H and O–H groups in total. The summed E-state index contributed by atoms with van der Waals surface area (Å²) in [6, 6.07) is 24.6. The molecule has 3 rings (SSSR count). The van der Waals surface area contributed by atoms with Gasteiger partial charge in [-0.05, 0) is 54.2 Å². The molecule has 3 aromatic carbocycles. The highest BCUT2D eigenvalue weighted by molar-refractivity contribution is 5.74. The summed E-state index contributed by atoms with van der Waals surface area (Å²) >= 11 is 0. The van der Waals surface area contributed by atoms with E-state index in [1.807, 2.05) is 0 Å². The lowest BCUT2D eigenvalue weighted by atomic mass is 9.93. The Bertz CT molecular complexity index is 748. The molecule has 0 heteroatoms. The third-order valence-electron chi connectivity index (χ3n) is 4.23. The van der Waals surface area contributed by atoms with Crippen LogP contribution in [-0.4, -0.2) is 0 Å². The fourth-order valence-electron chi connectivity index (χ4n) is 3.11. The summed E-state index contributed by atoms with van der Waals surface area (Å²) in [5.74, 6) is 0. The first-order valence-electron chi connectivity index (χ1n) is 8.44. The van der Waals surface area contributed by atoms with Gasteiger partial charge in [0.1, 0.15) is 0 Å². The second-order valence-corrected chi connectivity index (χ2v) is 6.41. The molecule has 0 bridgehead atoms. The van der Waals surface area contributed by atoms with E-state index < -0.39 is 0 Å². The van der Waals surface area contributed by atoms with Gasteiger partial charge in [0.25, 0.3) is 0 Å². The number of hydrogen-bond donors (Lipinski definition) is 0. The Kier molecular flexibility index (Phi) is 4.62. The Morgan fingerprint density at radius 1 is 0.609 bits per heavy atom. The molecular formula is C23H24. The molecule has 0 spiro atoms. The Morgan fingerprint density at radius 2 is 1.13 bits per heavy atom. The smallest absolute Gasteiger partial charge is 0.0175 e. The molecule has 0 aliphatic heterocycles. The van der Waals surface area contributed by atoms with Crippen molar-refractivity contribution in [3.63, 3.8) is 0 Å². The van der Waals surface area contributed by atoms with E-state index in [1.165, 1.54) is 45.4 Å². The van der Waals surface area contributed by atoms with E-state index in [9.17, 15) is 0 Å². The molecule has 0 amide bonds. The quantitative estimate of drug-likeness (QED) is 0.510. The summed E-state index contributed by atoms with van der Waals surface area (Å²) in [7, 11) is 0. The van der Waals surface area contributed by atoms with E-state index in [1.54, 1.807) is 0 Å². The van der Waals surface area contributed by atoms with E-state index >= 15 is 0 Å². The summed E-state index contributed by atoms with van der Waals surface area (Å²) in [5.41, 5.74) is 9.27. The topological polar surface area (TPSA) is 0 Å². The highest BCUT2D eigenvalue weighted by Gasteiger charge is 2.06. The normalized spacial score (nSPS) is 10.7. The molecule has 0 radical (unpaired) electrons. The van der Waals surface area contributed by atoms with Crippen molar-refractivity contribution < 1.29 is 0 Å². The minimum atomic E-state index is 1.12. The van der Waals surface area contributed by atoms with Gasteiger partial charge >= 0.3 is 0 Å². The molecule has 0 aromatic heterocycles. The van der Waals surface area contributed by atoms with E-state index in [-0.39, 0.29) is 0 Å². The Hall–Kier alpha value is -2.34. The average molecular weight is 300 g/mol. The van der Waals surface area contributed by atoms with Crippen LogP contribution in [0.3, 0.4) is 0 Å². The Labute approximate surface area is 139 Å². The number of benzene rings is 3. The molecule has 0 saturated heterocycles. The van der Waals surface area contributed by atoms with E-state index in [0.717, 1.165) is 6.42 Å². The van der Waals surface area contributed by atoms with E-state index in [4.69, 9.17) is 0 Å². The molecule has 0 aliphatic rings. The summed E-state index contributed by atoms with van der Waals surface area (Å²) in [5, 5.41) is 0. The molecule has 0 fully saturated rings. The first-order chi connectivity index (χ1) is 11.2. The lowest BCUT2D eigenvalue weighted by molar-refractivity contribution is 0.922. The molecule has 0 aliphatic carbocycles. The lowest BCUT2D eigenvalue weighted by Crippen LogP contribution is -1.89. The minimum Gasteiger partial charge on any atom is -0.0651 e. The first kappa shape index (κ1) is 15.6. The zero-order valence-electron chi connectivity index (χ0n) is 14.3. The van der Waals surface area contributed by atoms with Crippen LogP contribution in [-0.2, 0) is 6.42 Å². The Balaban J connectivity index is 2.13. The van der Waals surface area contributed by atoms with E-state index in [0.29, 0.717) is 0 Å². The van der Waals surface area contributed by atoms with Gasteiger partial charge in [0, 0.05) is 0 Å². The Morgan fingerprint density at radius 3 is 1.57 bits per heavy atom. The lowest BCUT2D eigenvalue weighted by Gasteiger charge is -2.11. The van der Waals surface area contributed by atoms with Gasteiger partial charge in [-0.2, -0.15) is 0 Å². The van der Waals surface area contributed by atoms with Crippen LogP contribution in [0.15, 0.2) is 66.7 Å². The maximum atomic E-state index is 2.34. The number of aryl methyl sites for hydroxylation is 3. The van der Waals surface area contributed by atoms with Crippen LogP contribution in [0.4, 0.5) is 0 Å². The van der Waals surface area contributed by atoms with Crippen LogP contribution in [0.1, 0.15) is 30.0 Å². The summed E-state index contributed by atoms with van der Waals surface area (Å²) in [6.45, 7) is 6.55. The van der Waals surface area contributed by atoms with Gasteiger partial charge in [-0.3, -0.25) is 0 Å². The zero-order valence-corrected chi connectivity index (χ0v) is 14.3. The second-order valence-electron chi connectivity index (χ2n) is 6.41. The maximum absolute atomic E-state index is 2.34. The van der Waals surface area contributed by atoms with Crippen LogP contribution in [0.25, 0.3) is 22.3 Å². The van der Waals surface area contributed by atoms with Gasteiger partial charge < -0.3 is 0 Å². The van der Waals surface area contributed by atoms with Crippen molar-refractivity contribution in [2.24, 2.45) is 0 Å². The standard InChI is InChI=1S/C23H24/c1-4-7-19-14-22(20-10-5-8-17(2)12-20)16-23(15-19)21-11-6-9-18(3)13-21/h5-6,8-16H,4,7H2,1-3H3. The molecule has 0 nitrogen and oxygen atoms in total. The van der Waals surface area contributed by atoms with Gasteiger partial charge in [-0.1, -0.05) is 85.1 Å². The fraction of sp³-hybridized carbons (Fsp3) is 0.217. The van der Waals surface area contributed by atoms with Crippen LogP contribution in [0.2, 0.25) is 0 Å². The van der Waals surface area contributed by atoms with Crippen molar-refractivity contribution in [2.75, 3.05) is 0 Å². The molecular weight excluding hydrogens is 276 g/mol. The summed E-state index contributed by atoms with van der Waals surface area (Å²) in [4.78, 5) is 0. The summed E-state index contributed by atoms with van der Waals surface area (Å²) in [6.07, 6.45) is 2.29. The van der Waals surface area contributed by atoms with Crippen molar-refractivity contribution in [1.29, 1.82) is 0 Å². The maximum Gasteiger partial charge on any atom is -0.0175 e. The molecule has 116 valence electrons. The van der Waals surface area contributed by atoms with Crippen LogP contribution < -0.4 is 0 Å². The van der Waals surface area contributed by atoms with Crippen molar-refractivity contribution in [3.05, 3.63) is 83.4 Å². The predicted molar refractivity (Wildman–Crippen MR) is 101 cm³/mol. The number of hydrogen-bond acceptors (Lipinski definition) is 0. The van der Waals surface area contributed by atoms with Crippen LogP contribution in [0, 0.1) is 13.8 Å². The largest absolute Gasteiger partial charge is 0.0651 e. The van der Waals surface area contributed by atoms with Crippen molar-refractivity contribution in [3.8, 4) is 22.3 Å². The summed E-state index contributed by atoms with van der Waals surface area (Å²) < 4.78 is 0. The predicted octanol–water partition coefficient (Wildman–Crippen LogP) is 6.59. The van der Waals surface area contributed by atoms with Gasteiger partial charge in [0.15, 0.2) is 0 Å². The average Bonchev–Trinajstić information content (AvgIpc) is 2.55. The second kappa shape index (κ2) is 6.83. The molecule has 0 saturated carbocycles. The third-order valence-corrected chi connectivity index (χ3v) is 4.23. The molecule has 0 unspecified atom stereocenters. The van der Waals surface area contributed by atoms with Crippen molar-refractivity contribution in [2.45, 2.75) is 33.6 Å². The molecule has 3 aromatic rings. The van der Waals surface area contributed by atoms with Gasteiger partial charge in [-0.15, -0.1) is 0 Å². The van der Waals surface area contributed by atoms with Crippen LogP contribution in [0.5, 0.6) is 0 Å². The molecule has 23 heavy (non-hydrogen) atoms. The zero-order chi connectivity index (χ0) is 16.2. The van der Waals surface area contributed by atoms with Crippen LogP contribution >= 0.6 is 0 Å². The van der Waals surface area contributed by atoms with E-state index in [2.05, 4.69) is 87.5 Å². The number of rotatable bonds is 4. The SMILES string of the molecule is CCCc1cc(-c2cccc(C)c2)cc(-c2cccc(C)c2)c1. The van der Waals surface area contributed by atoms with Crippen molar-refractivity contribution >= 4 is 0 Å². The molecule has 0 heterocycles. The third kappa shape index (κ3) is 3.71.